The Labute approximate surface area is 153 Å². The van der Waals surface area contributed by atoms with Crippen molar-refractivity contribution in [2.75, 3.05) is 7.11 Å². The fourth-order valence-corrected chi connectivity index (χ4v) is 2.56. The summed E-state index contributed by atoms with van der Waals surface area (Å²) in [5.41, 5.74) is 2.28. The predicted octanol–water partition coefficient (Wildman–Crippen LogP) is 5.11. The Hall–Kier alpha value is -2.59. The molecule has 0 aromatic heterocycles. The van der Waals surface area contributed by atoms with Crippen LogP contribution in [0.1, 0.15) is 24.1 Å². The largest absolute Gasteiger partial charge is 0.453 e. The third kappa shape index (κ3) is 5.47. The van der Waals surface area contributed by atoms with Gasteiger partial charge in [-0.15, -0.1) is 0 Å². The molecule has 0 bridgehead atoms. The number of allylic oxidation sites excluding steroid dienone is 1. The van der Waals surface area contributed by atoms with Gasteiger partial charge in [0.25, 0.3) is 0 Å². The van der Waals surface area contributed by atoms with Crippen molar-refractivity contribution >= 4 is 29.5 Å². The lowest BCUT2D eigenvalue weighted by atomic mass is 9.90. The van der Waals surface area contributed by atoms with Gasteiger partial charge in [-0.1, -0.05) is 67.1 Å². The van der Waals surface area contributed by atoms with Gasteiger partial charge in [-0.25, -0.2) is 4.79 Å². The van der Waals surface area contributed by atoms with Crippen LogP contribution in [0.2, 0.25) is 5.02 Å². The highest BCUT2D eigenvalue weighted by Gasteiger charge is 2.24. The van der Waals surface area contributed by atoms with E-state index < -0.39 is 12.1 Å². The Balaban J connectivity index is 2.20. The van der Waals surface area contributed by atoms with E-state index in [9.17, 15) is 4.79 Å². The van der Waals surface area contributed by atoms with Crippen molar-refractivity contribution in [3.8, 4) is 0 Å². The molecule has 2 N–H and O–H groups in total. The van der Waals surface area contributed by atoms with Gasteiger partial charge in [0.1, 0.15) is 0 Å². The number of methoxy groups -OCH3 is 1. The van der Waals surface area contributed by atoms with Crippen LogP contribution in [-0.4, -0.2) is 18.9 Å². The summed E-state index contributed by atoms with van der Waals surface area (Å²) in [6, 6.07) is 16.6. The minimum absolute atomic E-state index is 0.250. The van der Waals surface area contributed by atoms with Crippen LogP contribution in [0, 0.1) is 11.3 Å². The molecule has 1 amide bonds. The van der Waals surface area contributed by atoms with Crippen molar-refractivity contribution in [1.29, 1.82) is 5.41 Å². The van der Waals surface area contributed by atoms with Crippen LogP contribution in [0.3, 0.4) is 0 Å². The molecule has 0 spiro atoms. The molecule has 0 aliphatic heterocycles. The molecule has 2 atom stereocenters. The normalized spacial score (nSPS) is 13.2. The molecule has 0 saturated carbocycles. The molecule has 0 aliphatic carbocycles. The first-order chi connectivity index (χ1) is 12.0. The molecule has 0 radical (unpaired) electrons. The number of benzene rings is 2. The van der Waals surface area contributed by atoms with Gasteiger partial charge in [0.05, 0.1) is 13.2 Å². The van der Waals surface area contributed by atoms with Crippen LogP contribution in [-0.2, 0) is 4.74 Å². The Morgan fingerprint density at radius 1 is 1.16 bits per heavy atom. The Bertz CT molecular complexity index is 742. The minimum Gasteiger partial charge on any atom is -0.453 e. The van der Waals surface area contributed by atoms with Crippen LogP contribution < -0.4 is 5.32 Å². The lowest BCUT2D eigenvalue weighted by Crippen LogP contribution is -2.35. The number of carbonyl (C=O) groups excluding carboxylic acids is 1. The summed E-state index contributed by atoms with van der Waals surface area (Å²) in [6.45, 7) is 1.90. The second-order valence-electron chi connectivity index (χ2n) is 5.65. The van der Waals surface area contributed by atoms with Gasteiger partial charge >= 0.3 is 6.09 Å². The molecule has 2 aromatic rings. The molecule has 0 heterocycles. The zero-order valence-corrected chi connectivity index (χ0v) is 15.0. The fourth-order valence-electron chi connectivity index (χ4n) is 2.43. The van der Waals surface area contributed by atoms with E-state index >= 15 is 0 Å². The number of halogens is 1. The van der Waals surface area contributed by atoms with Crippen LogP contribution in [0.5, 0.6) is 0 Å². The maximum Gasteiger partial charge on any atom is 0.407 e. The number of nitrogens with one attached hydrogen (secondary N) is 2. The zero-order chi connectivity index (χ0) is 18.2. The molecule has 2 rings (SSSR count). The van der Waals surface area contributed by atoms with Crippen LogP contribution in [0.4, 0.5) is 4.79 Å². The molecule has 0 saturated heterocycles. The number of carbonyl (C=O) groups is 1. The number of rotatable bonds is 6. The van der Waals surface area contributed by atoms with E-state index in [0.717, 1.165) is 11.1 Å². The number of amides is 1. The third-order valence-electron chi connectivity index (χ3n) is 3.93. The van der Waals surface area contributed by atoms with Crippen LogP contribution in [0.25, 0.3) is 6.08 Å². The van der Waals surface area contributed by atoms with Gasteiger partial charge in [-0.2, -0.15) is 0 Å². The maximum absolute atomic E-state index is 11.7. The Morgan fingerprint density at radius 3 is 2.40 bits per heavy atom. The first-order valence-corrected chi connectivity index (χ1v) is 8.30. The van der Waals surface area contributed by atoms with Gasteiger partial charge in [0, 0.05) is 16.7 Å². The maximum atomic E-state index is 11.7. The van der Waals surface area contributed by atoms with E-state index in [1.54, 1.807) is 18.2 Å². The lowest BCUT2D eigenvalue weighted by molar-refractivity contribution is 0.164. The van der Waals surface area contributed by atoms with Gasteiger partial charge in [0.15, 0.2) is 0 Å². The summed E-state index contributed by atoms with van der Waals surface area (Å²) < 4.78 is 4.72. The summed E-state index contributed by atoms with van der Waals surface area (Å²) >= 11 is 5.94. The SMILES string of the molecule is COC(=O)NC(c1ccc(Cl)cc1)C(C)C(=N)/C=C/c1ccccc1. The minimum atomic E-state index is -0.536. The highest BCUT2D eigenvalue weighted by molar-refractivity contribution is 6.30. The molecule has 0 fully saturated rings. The average molecular weight is 357 g/mol. The van der Waals surface area contributed by atoms with E-state index in [-0.39, 0.29) is 5.92 Å². The highest BCUT2D eigenvalue weighted by Crippen LogP contribution is 2.25. The van der Waals surface area contributed by atoms with Crippen LogP contribution >= 0.6 is 11.6 Å². The highest BCUT2D eigenvalue weighted by atomic mass is 35.5. The molecular formula is C20H21ClN2O2. The van der Waals surface area contributed by atoms with Crippen molar-refractivity contribution in [2.24, 2.45) is 5.92 Å². The average Bonchev–Trinajstić information content (AvgIpc) is 2.65. The van der Waals surface area contributed by atoms with E-state index in [2.05, 4.69) is 5.32 Å². The molecule has 2 unspecified atom stereocenters. The molecule has 5 heteroatoms. The van der Waals surface area contributed by atoms with Crippen molar-refractivity contribution in [3.05, 3.63) is 76.8 Å². The number of alkyl carbamates (subject to hydrolysis) is 1. The van der Waals surface area contributed by atoms with Crippen molar-refractivity contribution in [1.82, 2.24) is 5.32 Å². The van der Waals surface area contributed by atoms with E-state index in [4.69, 9.17) is 21.7 Å². The summed E-state index contributed by atoms with van der Waals surface area (Å²) in [6.07, 6.45) is 3.10. The van der Waals surface area contributed by atoms with Gasteiger partial charge in [-0.05, 0) is 29.3 Å². The zero-order valence-electron chi connectivity index (χ0n) is 14.2. The topological polar surface area (TPSA) is 62.2 Å². The van der Waals surface area contributed by atoms with Crippen LogP contribution in [0.15, 0.2) is 60.7 Å². The molecule has 130 valence electrons. The van der Waals surface area contributed by atoms with Gasteiger partial charge in [-0.3, -0.25) is 0 Å². The third-order valence-corrected chi connectivity index (χ3v) is 4.19. The van der Waals surface area contributed by atoms with E-state index in [1.807, 2.05) is 55.5 Å². The molecule has 4 nitrogen and oxygen atoms in total. The van der Waals surface area contributed by atoms with Gasteiger partial charge < -0.3 is 15.5 Å². The van der Waals surface area contributed by atoms with E-state index in [1.165, 1.54) is 7.11 Å². The van der Waals surface area contributed by atoms with Crippen molar-refractivity contribution in [3.63, 3.8) is 0 Å². The lowest BCUT2D eigenvalue weighted by Gasteiger charge is -2.25. The summed E-state index contributed by atoms with van der Waals surface area (Å²) in [4.78, 5) is 11.7. The number of ether oxygens (including phenoxy) is 1. The van der Waals surface area contributed by atoms with Crippen molar-refractivity contribution in [2.45, 2.75) is 13.0 Å². The molecular weight excluding hydrogens is 336 g/mol. The summed E-state index contributed by atoms with van der Waals surface area (Å²) in [5.74, 6) is -0.250. The van der Waals surface area contributed by atoms with Gasteiger partial charge in [0.2, 0.25) is 0 Å². The smallest absolute Gasteiger partial charge is 0.407 e. The summed E-state index contributed by atoms with van der Waals surface area (Å²) in [5, 5.41) is 11.8. The summed E-state index contributed by atoms with van der Waals surface area (Å²) in [7, 11) is 1.32. The standard InChI is InChI=1S/C20H21ClN2O2/c1-14(18(22)13-8-15-6-4-3-5-7-15)19(23-20(24)25-2)16-9-11-17(21)12-10-16/h3-14,19,22H,1-2H3,(H,23,24)/b13-8+,22-18?. The van der Waals surface area contributed by atoms with E-state index in [0.29, 0.717) is 10.7 Å². The second-order valence-corrected chi connectivity index (χ2v) is 6.09. The second kappa shape index (κ2) is 9.04. The Morgan fingerprint density at radius 2 is 1.80 bits per heavy atom. The fraction of sp³-hybridized carbons (Fsp3) is 0.200. The molecule has 25 heavy (non-hydrogen) atoms. The quantitative estimate of drug-likeness (QED) is 0.707. The first-order valence-electron chi connectivity index (χ1n) is 7.92. The van der Waals surface area contributed by atoms with Crippen molar-refractivity contribution < 1.29 is 9.53 Å². The molecule has 2 aromatic carbocycles. The number of hydrogen-bond acceptors (Lipinski definition) is 3. The first kappa shape index (κ1) is 18.7. The number of hydrogen-bond donors (Lipinski definition) is 2. The Kier molecular flexibility index (Phi) is 6.78. The molecule has 0 aliphatic rings. The predicted molar refractivity (Wildman–Crippen MR) is 102 cm³/mol. The monoisotopic (exact) mass is 356 g/mol.